The van der Waals surface area contributed by atoms with Crippen LogP contribution in [0, 0.1) is 0 Å². The minimum atomic E-state index is -1.16. The van der Waals surface area contributed by atoms with E-state index in [1.165, 1.54) is 6.07 Å². The number of rotatable bonds is 6. The summed E-state index contributed by atoms with van der Waals surface area (Å²) in [5, 5.41) is 15.4. The minimum Gasteiger partial charge on any atom is -0.480 e. The van der Waals surface area contributed by atoms with Crippen LogP contribution in [0.15, 0.2) is 48.5 Å². The molecule has 2 aromatic carbocycles. The second kappa shape index (κ2) is 10.1. The fourth-order valence-electron chi connectivity index (χ4n) is 3.02. The van der Waals surface area contributed by atoms with Crippen LogP contribution in [0.5, 0.6) is 5.75 Å². The van der Waals surface area contributed by atoms with Crippen LogP contribution in [0.25, 0.3) is 0 Å². The highest BCUT2D eigenvalue weighted by atomic mass is 35.5. The quantitative estimate of drug-likeness (QED) is 0.647. The molecule has 1 atom stereocenters. The number of nitrogens with one attached hydrogen (secondary N) is 2. The summed E-state index contributed by atoms with van der Waals surface area (Å²) in [5.74, 6) is -1.35. The van der Waals surface area contributed by atoms with E-state index in [4.69, 9.17) is 16.3 Å². The van der Waals surface area contributed by atoms with Gasteiger partial charge in [-0.1, -0.05) is 35.9 Å². The van der Waals surface area contributed by atoms with Crippen molar-refractivity contribution in [2.45, 2.75) is 12.5 Å². The lowest BCUT2D eigenvalue weighted by Crippen LogP contribution is -2.47. The van der Waals surface area contributed by atoms with E-state index < -0.39 is 24.0 Å². The SMILES string of the molecule is O=C(N[C@@H](Cc1ccc(OC(=O)N2CCNCC2)cc1)C(=O)O)c1ccccc1Cl. The molecule has 158 valence electrons. The molecule has 8 nitrogen and oxygen atoms in total. The lowest BCUT2D eigenvalue weighted by Gasteiger charge is -2.26. The molecular formula is C21H22ClN3O5. The first-order valence-corrected chi connectivity index (χ1v) is 9.86. The summed E-state index contributed by atoms with van der Waals surface area (Å²) in [7, 11) is 0. The van der Waals surface area contributed by atoms with Gasteiger partial charge in [-0.05, 0) is 29.8 Å². The summed E-state index contributed by atoms with van der Waals surface area (Å²) in [4.78, 5) is 37.7. The number of carbonyl (C=O) groups excluding carboxylic acids is 2. The molecule has 0 saturated carbocycles. The number of carboxylic acid groups (broad SMARTS) is 1. The molecule has 3 rings (SSSR count). The standard InChI is InChI=1S/C21H22ClN3O5/c22-17-4-2-1-3-16(17)19(26)24-18(20(27)28)13-14-5-7-15(8-6-14)30-21(29)25-11-9-23-10-12-25/h1-8,18,23H,9-13H2,(H,24,26)(H,27,28)/t18-/m0/s1. The van der Waals surface area contributed by atoms with Crippen LogP contribution in [0.2, 0.25) is 5.02 Å². The summed E-state index contributed by atoms with van der Waals surface area (Å²) in [6, 6.07) is 11.8. The van der Waals surface area contributed by atoms with Gasteiger partial charge in [-0.2, -0.15) is 0 Å². The third-order valence-electron chi connectivity index (χ3n) is 4.67. The summed E-state index contributed by atoms with van der Waals surface area (Å²) >= 11 is 6.00. The van der Waals surface area contributed by atoms with Crippen molar-refractivity contribution in [2.75, 3.05) is 26.2 Å². The molecule has 0 unspecified atom stereocenters. The predicted molar refractivity (Wildman–Crippen MR) is 111 cm³/mol. The molecule has 1 aliphatic heterocycles. The van der Waals surface area contributed by atoms with Crippen LogP contribution in [-0.4, -0.2) is 60.2 Å². The molecule has 1 heterocycles. The Balaban J connectivity index is 1.60. The van der Waals surface area contributed by atoms with Crippen molar-refractivity contribution >= 4 is 29.6 Å². The third kappa shape index (κ3) is 5.71. The highest BCUT2D eigenvalue weighted by molar-refractivity contribution is 6.33. The zero-order chi connectivity index (χ0) is 21.5. The van der Waals surface area contributed by atoms with Crippen LogP contribution in [-0.2, 0) is 11.2 Å². The number of nitrogens with zero attached hydrogens (tertiary/aromatic N) is 1. The molecule has 0 bridgehead atoms. The fourth-order valence-corrected chi connectivity index (χ4v) is 3.25. The highest BCUT2D eigenvalue weighted by Gasteiger charge is 2.22. The Morgan fingerprint density at radius 2 is 1.77 bits per heavy atom. The average molecular weight is 432 g/mol. The van der Waals surface area contributed by atoms with E-state index in [9.17, 15) is 19.5 Å². The van der Waals surface area contributed by atoms with Gasteiger partial charge in [-0.3, -0.25) is 4.79 Å². The summed E-state index contributed by atoms with van der Waals surface area (Å²) in [6.45, 7) is 2.62. The largest absolute Gasteiger partial charge is 0.480 e. The number of piperazine rings is 1. The maximum absolute atomic E-state index is 12.4. The summed E-state index contributed by atoms with van der Waals surface area (Å²) in [6.07, 6.45) is -0.350. The molecule has 0 aromatic heterocycles. The first-order chi connectivity index (χ1) is 14.4. The van der Waals surface area contributed by atoms with Crippen LogP contribution < -0.4 is 15.4 Å². The highest BCUT2D eigenvalue weighted by Crippen LogP contribution is 2.17. The molecule has 0 aliphatic carbocycles. The van der Waals surface area contributed by atoms with E-state index in [1.54, 1.807) is 47.4 Å². The maximum atomic E-state index is 12.4. The van der Waals surface area contributed by atoms with Crippen molar-refractivity contribution in [1.29, 1.82) is 0 Å². The van der Waals surface area contributed by atoms with Gasteiger partial charge in [0.05, 0.1) is 10.6 Å². The Morgan fingerprint density at radius 3 is 2.40 bits per heavy atom. The lowest BCUT2D eigenvalue weighted by atomic mass is 10.1. The van der Waals surface area contributed by atoms with Crippen molar-refractivity contribution in [2.24, 2.45) is 0 Å². The lowest BCUT2D eigenvalue weighted by molar-refractivity contribution is -0.139. The normalized spacial score (nSPS) is 14.6. The Hall–Kier alpha value is -3.10. The Bertz CT molecular complexity index is 913. The first-order valence-electron chi connectivity index (χ1n) is 9.48. The van der Waals surface area contributed by atoms with Gasteiger partial charge in [0.2, 0.25) is 0 Å². The topological polar surface area (TPSA) is 108 Å². The fraction of sp³-hybridized carbons (Fsp3) is 0.286. The molecule has 1 aliphatic rings. The van der Waals surface area contributed by atoms with Gasteiger partial charge in [-0.15, -0.1) is 0 Å². The van der Waals surface area contributed by atoms with Gasteiger partial charge in [0.15, 0.2) is 0 Å². The Morgan fingerprint density at radius 1 is 1.10 bits per heavy atom. The molecule has 2 aromatic rings. The minimum absolute atomic E-state index is 0.0670. The van der Waals surface area contributed by atoms with Crippen molar-refractivity contribution in [1.82, 2.24) is 15.5 Å². The van der Waals surface area contributed by atoms with Crippen LogP contribution >= 0.6 is 11.6 Å². The zero-order valence-corrected chi connectivity index (χ0v) is 16.9. The number of carboxylic acids is 1. The Labute approximate surface area is 178 Å². The van der Waals surface area contributed by atoms with Crippen LogP contribution in [0.4, 0.5) is 4.79 Å². The molecule has 1 saturated heterocycles. The Kier molecular flexibility index (Phi) is 7.26. The predicted octanol–water partition coefficient (Wildman–Crippen LogP) is 2.17. The number of halogens is 1. The number of aliphatic carboxylic acids is 1. The van der Waals surface area contributed by atoms with Gasteiger partial charge in [0.1, 0.15) is 11.8 Å². The number of hydrogen-bond acceptors (Lipinski definition) is 5. The monoisotopic (exact) mass is 431 g/mol. The van der Waals surface area contributed by atoms with Gasteiger partial charge in [0, 0.05) is 32.6 Å². The van der Waals surface area contributed by atoms with Crippen molar-refractivity contribution in [3.63, 3.8) is 0 Å². The van der Waals surface area contributed by atoms with E-state index in [0.717, 1.165) is 13.1 Å². The third-order valence-corrected chi connectivity index (χ3v) is 5.00. The summed E-state index contributed by atoms with van der Waals surface area (Å²) < 4.78 is 5.36. The maximum Gasteiger partial charge on any atom is 0.415 e. The number of carbonyl (C=O) groups is 3. The second-order valence-electron chi connectivity index (χ2n) is 6.80. The van der Waals surface area contributed by atoms with Crippen molar-refractivity contribution in [3.8, 4) is 5.75 Å². The van der Waals surface area contributed by atoms with Crippen LogP contribution in [0.3, 0.4) is 0 Å². The molecule has 0 spiro atoms. The molecule has 1 fully saturated rings. The van der Waals surface area contributed by atoms with Gasteiger partial charge >= 0.3 is 12.1 Å². The molecule has 9 heteroatoms. The molecule has 3 N–H and O–H groups in total. The molecular weight excluding hydrogens is 410 g/mol. The van der Waals surface area contributed by atoms with E-state index in [0.29, 0.717) is 24.4 Å². The molecule has 2 amide bonds. The van der Waals surface area contributed by atoms with Crippen molar-refractivity contribution in [3.05, 3.63) is 64.7 Å². The van der Waals surface area contributed by atoms with Gasteiger partial charge in [0.25, 0.3) is 5.91 Å². The number of amides is 2. The second-order valence-corrected chi connectivity index (χ2v) is 7.20. The number of ether oxygens (including phenoxy) is 1. The average Bonchev–Trinajstić information content (AvgIpc) is 2.75. The smallest absolute Gasteiger partial charge is 0.415 e. The summed E-state index contributed by atoms with van der Waals surface area (Å²) in [5.41, 5.74) is 0.879. The van der Waals surface area contributed by atoms with Gasteiger partial charge in [-0.25, -0.2) is 9.59 Å². The molecule has 0 radical (unpaired) electrons. The number of benzene rings is 2. The van der Waals surface area contributed by atoms with E-state index in [2.05, 4.69) is 10.6 Å². The van der Waals surface area contributed by atoms with Gasteiger partial charge < -0.3 is 25.4 Å². The van der Waals surface area contributed by atoms with Crippen molar-refractivity contribution < 1.29 is 24.2 Å². The first kappa shape index (κ1) is 21.6. The molecule has 30 heavy (non-hydrogen) atoms. The van der Waals surface area contributed by atoms with Crippen LogP contribution in [0.1, 0.15) is 15.9 Å². The zero-order valence-electron chi connectivity index (χ0n) is 16.1. The van der Waals surface area contributed by atoms with E-state index in [1.807, 2.05) is 0 Å². The van der Waals surface area contributed by atoms with E-state index >= 15 is 0 Å². The number of hydrogen-bond donors (Lipinski definition) is 3. The van der Waals surface area contributed by atoms with E-state index in [-0.39, 0.29) is 17.0 Å².